The van der Waals surface area contributed by atoms with Gasteiger partial charge in [-0.2, -0.15) is 5.26 Å². The summed E-state index contributed by atoms with van der Waals surface area (Å²) in [6.45, 7) is 5.34. The van der Waals surface area contributed by atoms with Gasteiger partial charge in [0.05, 0.1) is 35.3 Å². The van der Waals surface area contributed by atoms with Crippen molar-refractivity contribution in [2.45, 2.75) is 31.3 Å². The first-order valence-corrected chi connectivity index (χ1v) is 15.0. The lowest BCUT2D eigenvalue weighted by Gasteiger charge is -2.41. The van der Waals surface area contributed by atoms with Crippen molar-refractivity contribution in [3.63, 3.8) is 0 Å². The highest BCUT2D eigenvalue weighted by Crippen LogP contribution is 2.38. The molecule has 0 radical (unpaired) electrons. The SMILES string of the molecule is C#Cc1c(F)ccc2cc(O)cc(-c3cnc4c(N5CCN(C(=O)C(=C)F)C(CC#N)C5)cc(OCC5CCCN5C)nc4c3)c12. The number of phenols is 1. The summed E-state index contributed by atoms with van der Waals surface area (Å²) in [7, 11) is 2.06. The van der Waals surface area contributed by atoms with Gasteiger partial charge in [-0.15, -0.1) is 6.42 Å². The first-order valence-electron chi connectivity index (χ1n) is 15.0. The van der Waals surface area contributed by atoms with Crippen LogP contribution in [0.3, 0.4) is 0 Å². The standard InChI is InChI=1S/C35H32F2N6O3/c1-4-27-29(37)8-7-22-14-26(44)16-28(33(22)27)23-15-30-34(39-18-23)31(17-32(40-30)46-20-25-6-5-11-41(25)3)42-12-13-43(35(45)21(2)36)24(19-42)9-10-38/h1,7-8,14-18,24-25,44H,2,5-6,9,11-13,19-20H2,3H3. The topological polar surface area (TPSA) is 106 Å². The molecule has 6 rings (SSSR count). The number of benzene rings is 2. The first kappa shape index (κ1) is 30.8. The van der Waals surface area contributed by atoms with Crippen LogP contribution in [0.2, 0.25) is 0 Å². The molecular weight excluding hydrogens is 590 g/mol. The number of nitrogens with zero attached hydrogens (tertiary/aromatic N) is 6. The predicted octanol–water partition coefficient (Wildman–Crippen LogP) is 5.16. The molecule has 2 aliphatic rings. The van der Waals surface area contributed by atoms with Crippen molar-refractivity contribution < 1.29 is 23.4 Å². The van der Waals surface area contributed by atoms with E-state index in [0.29, 0.717) is 57.7 Å². The number of phenolic OH excluding ortho intramolecular Hbond substituents is 1. The number of amides is 1. The number of hydrogen-bond donors (Lipinski definition) is 1. The minimum Gasteiger partial charge on any atom is -0.508 e. The number of aromatic nitrogens is 2. The Bertz CT molecular complexity index is 1950. The fourth-order valence-electron chi connectivity index (χ4n) is 6.48. The molecule has 234 valence electrons. The van der Waals surface area contributed by atoms with E-state index in [2.05, 4.69) is 30.5 Å². The van der Waals surface area contributed by atoms with Crippen LogP contribution in [0, 0.1) is 29.5 Å². The maximum Gasteiger partial charge on any atom is 0.282 e. The number of likely N-dealkylation sites (tertiary alicyclic amines) is 1. The molecule has 0 aliphatic carbocycles. The molecule has 1 amide bonds. The molecule has 11 heteroatoms. The first-order chi connectivity index (χ1) is 22.2. The zero-order valence-corrected chi connectivity index (χ0v) is 25.3. The minimum absolute atomic E-state index is 0.00608. The molecule has 2 aliphatic heterocycles. The van der Waals surface area contributed by atoms with Crippen LogP contribution in [0.15, 0.2) is 55.0 Å². The lowest BCUT2D eigenvalue weighted by atomic mass is 9.94. The van der Waals surface area contributed by atoms with Crippen LogP contribution in [0.5, 0.6) is 11.6 Å². The van der Waals surface area contributed by atoms with Gasteiger partial charge >= 0.3 is 0 Å². The smallest absolute Gasteiger partial charge is 0.282 e. The van der Waals surface area contributed by atoms with E-state index >= 15 is 0 Å². The van der Waals surface area contributed by atoms with Gasteiger partial charge in [-0.25, -0.2) is 13.8 Å². The maximum atomic E-state index is 14.8. The number of carbonyl (C=O) groups excluding carboxylic acids is 1. The Morgan fingerprint density at radius 2 is 2.04 bits per heavy atom. The number of carbonyl (C=O) groups is 1. The highest BCUT2D eigenvalue weighted by atomic mass is 19.1. The number of pyridine rings is 2. The molecule has 2 unspecified atom stereocenters. The number of terminal acetylenes is 1. The molecule has 2 aromatic heterocycles. The molecule has 46 heavy (non-hydrogen) atoms. The van der Waals surface area contributed by atoms with Crippen molar-refractivity contribution in [1.82, 2.24) is 19.8 Å². The monoisotopic (exact) mass is 622 g/mol. The van der Waals surface area contributed by atoms with Gasteiger partial charge in [-0.1, -0.05) is 18.6 Å². The normalized spacial score (nSPS) is 18.5. The van der Waals surface area contributed by atoms with E-state index in [9.17, 15) is 23.9 Å². The lowest BCUT2D eigenvalue weighted by Crippen LogP contribution is -2.55. The summed E-state index contributed by atoms with van der Waals surface area (Å²) in [4.78, 5) is 27.7. The number of hydrogen-bond acceptors (Lipinski definition) is 8. The second-order valence-corrected chi connectivity index (χ2v) is 11.7. The summed E-state index contributed by atoms with van der Waals surface area (Å²) in [6.07, 6.45) is 9.42. The predicted molar refractivity (Wildman–Crippen MR) is 171 cm³/mol. The van der Waals surface area contributed by atoms with Crippen LogP contribution < -0.4 is 9.64 Å². The fourth-order valence-corrected chi connectivity index (χ4v) is 6.48. The van der Waals surface area contributed by atoms with Crippen LogP contribution >= 0.6 is 0 Å². The number of anilines is 1. The molecule has 1 N–H and O–H groups in total. The molecule has 4 aromatic rings. The molecule has 9 nitrogen and oxygen atoms in total. The van der Waals surface area contributed by atoms with Gasteiger partial charge in [0.2, 0.25) is 5.88 Å². The number of nitriles is 1. The van der Waals surface area contributed by atoms with E-state index < -0.39 is 23.6 Å². The molecule has 2 aromatic carbocycles. The summed E-state index contributed by atoms with van der Waals surface area (Å²) in [5.41, 5.74) is 2.81. The average molecular weight is 623 g/mol. The Morgan fingerprint density at radius 1 is 1.22 bits per heavy atom. The van der Waals surface area contributed by atoms with E-state index in [1.807, 2.05) is 4.90 Å². The van der Waals surface area contributed by atoms with Crippen LogP contribution in [0.1, 0.15) is 24.8 Å². The summed E-state index contributed by atoms with van der Waals surface area (Å²) < 4.78 is 34.9. The van der Waals surface area contributed by atoms with Crippen molar-refractivity contribution in [3.8, 4) is 41.2 Å². The fraction of sp³-hybridized carbons (Fsp3) is 0.314. The summed E-state index contributed by atoms with van der Waals surface area (Å²) >= 11 is 0. The van der Waals surface area contributed by atoms with E-state index in [1.54, 1.807) is 24.4 Å². The number of ether oxygens (including phenoxy) is 1. The number of likely N-dealkylation sites (N-methyl/N-ethyl adjacent to an activating group) is 1. The molecule has 2 saturated heterocycles. The van der Waals surface area contributed by atoms with Crippen molar-refractivity contribution in [2.24, 2.45) is 0 Å². The Kier molecular flexibility index (Phi) is 8.44. The van der Waals surface area contributed by atoms with E-state index in [-0.39, 0.29) is 36.9 Å². The Balaban J connectivity index is 1.46. The van der Waals surface area contributed by atoms with E-state index in [1.165, 1.54) is 23.1 Å². The third-order valence-electron chi connectivity index (χ3n) is 8.85. The third-order valence-corrected chi connectivity index (χ3v) is 8.85. The Hall–Kier alpha value is -5.26. The molecule has 4 heterocycles. The molecule has 0 bridgehead atoms. The zero-order valence-electron chi connectivity index (χ0n) is 25.3. The number of rotatable bonds is 7. The second-order valence-electron chi connectivity index (χ2n) is 11.7. The molecular formula is C35H32F2N6O3. The van der Waals surface area contributed by atoms with Crippen LogP contribution in [-0.4, -0.2) is 82.7 Å². The lowest BCUT2D eigenvalue weighted by molar-refractivity contribution is -0.131. The highest BCUT2D eigenvalue weighted by Gasteiger charge is 2.33. The molecule has 2 fully saturated rings. The Morgan fingerprint density at radius 3 is 2.76 bits per heavy atom. The van der Waals surface area contributed by atoms with Crippen molar-refractivity contribution in [3.05, 3.63) is 66.4 Å². The average Bonchev–Trinajstić information content (AvgIpc) is 3.46. The third kappa shape index (κ3) is 5.78. The van der Waals surface area contributed by atoms with E-state index in [0.717, 1.165) is 19.4 Å². The molecule has 0 spiro atoms. The van der Waals surface area contributed by atoms with Crippen LogP contribution in [-0.2, 0) is 4.79 Å². The highest BCUT2D eigenvalue weighted by molar-refractivity contribution is 6.03. The van der Waals surface area contributed by atoms with Gasteiger partial charge in [0.1, 0.15) is 23.7 Å². The van der Waals surface area contributed by atoms with Crippen molar-refractivity contribution >= 4 is 33.4 Å². The van der Waals surface area contributed by atoms with Gasteiger partial charge in [0, 0.05) is 48.9 Å². The minimum atomic E-state index is -1.07. The van der Waals surface area contributed by atoms with Crippen LogP contribution in [0.25, 0.3) is 32.9 Å². The quantitative estimate of drug-likeness (QED) is 0.223. The van der Waals surface area contributed by atoms with Crippen molar-refractivity contribution in [1.29, 1.82) is 5.26 Å². The summed E-state index contributed by atoms with van der Waals surface area (Å²) in [5, 5.41) is 21.1. The number of piperazine rings is 1. The largest absolute Gasteiger partial charge is 0.508 e. The van der Waals surface area contributed by atoms with Gasteiger partial charge in [-0.3, -0.25) is 9.78 Å². The number of aromatic hydroxyl groups is 1. The van der Waals surface area contributed by atoms with Crippen LogP contribution in [0.4, 0.5) is 14.5 Å². The summed E-state index contributed by atoms with van der Waals surface area (Å²) in [6, 6.07) is 11.2. The zero-order chi connectivity index (χ0) is 32.5. The van der Waals surface area contributed by atoms with Gasteiger partial charge in [-0.05, 0) is 61.6 Å². The second kappa shape index (κ2) is 12.6. The Labute approximate surface area is 265 Å². The number of halogens is 2. The van der Waals surface area contributed by atoms with Gasteiger partial charge in [0.25, 0.3) is 5.91 Å². The number of fused-ring (bicyclic) bond motifs is 2. The summed E-state index contributed by atoms with van der Waals surface area (Å²) in [5.74, 6) is 0.344. The maximum absolute atomic E-state index is 14.8. The van der Waals surface area contributed by atoms with Gasteiger partial charge < -0.3 is 24.5 Å². The van der Waals surface area contributed by atoms with Crippen molar-refractivity contribution in [2.75, 3.05) is 44.7 Å². The molecule has 2 atom stereocenters. The van der Waals surface area contributed by atoms with E-state index in [4.69, 9.17) is 21.1 Å². The molecule has 0 saturated carbocycles. The van der Waals surface area contributed by atoms with Gasteiger partial charge in [0.15, 0.2) is 5.83 Å².